The van der Waals surface area contributed by atoms with E-state index < -0.39 is 4.92 Å². The van der Waals surface area contributed by atoms with Crippen LogP contribution in [0.4, 0.5) is 5.69 Å². The van der Waals surface area contributed by atoms with E-state index in [4.69, 9.17) is 21.6 Å². The van der Waals surface area contributed by atoms with Crippen molar-refractivity contribution in [2.45, 2.75) is 0 Å². The number of hydrogen-bond acceptors (Lipinski definition) is 5. The number of halogens is 1. The Morgan fingerprint density at radius 1 is 1.42 bits per heavy atom. The molecule has 1 aromatic heterocycles. The van der Waals surface area contributed by atoms with Crippen molar-refractivity contribution in [2.24, 2.45) is 0 Å². The maximum absolute atomic E-state index is 10.8. The molecule has 0 radical (unpaired) electrons. The Hall–Kier alpha value is -2.65. The number of ether oxygens (including phenoxy) is 1. The SMILES string of the molecule is N#Cc1cc(Cl)ccc1Oc1ncccc1[N+](=O)[O-]. The molecule has 2 rings (SSSR count). The van der Waals surface area contributed by atoms with Gasteiger partial charge in [0.25, 0.3) is 5.88 Å². The molecule has 6 nitrogen and oxygen atoms in total. The molecule has 1 heterocycles. The van der Waals surface area contributed by atoms with Crippen LogP contribution in [0.25, 0.3) is 0 Å². The molecule has 0 aliphatic heterocycles. The van der Waals surface area contributed by atoms with Crippen LogP contribution in [0.5, 0.6) is 11.6 Å². The average molecular weight is 276 g/mol. The normalized spacial score (nSPS) is 9.68. The highest BCUT2D eigenvalue weighted by molar-refractivity contribution is 6.30. The Kier molecular flexibility index (Phi) is 3.59. The first-order chi connectivity index (χ1) is 9.11. The van der Waals surface area contributed by atoms with Gasteiger partial charge in [-0.25, -0.2) is 4.98 Å². The zero-order valence-electron chi connectivity index (χ0n) is 9.41. The predicted molar refractivity (Wildman–Crippen MR) is 67.1 cm³/mol. The minimum atomic E-state index is -0.607. The van der Waals surface area contributed by atoms with E-state index in [-0.39, 0.29) is 22.9 Å². The molecule has 2 aromatic rings. The van der Waals surface area contributed by atoms with Crippen molar-refractivity contribution < 1.29 is 9.66 Å². The highest BCUT2D eigenvalue weighted by Crippen LogP contribution is 2.31. The van der Waals surface area contributed by atoms with E-state index in [1.807, 2.05) is 6.07 Å². The van der Waals surface area contributed by atoms with Crippen molar-refractivity contribution in [3.63, 3.8) is 0 Å². The Labute approximate surface area is 113 Å². The minimum Gasteiger partial charge on any atom is -0.432 e. The average Bonchev–Trinajstić information content (AvgIpc) is 2.41. The van der Waals surface area contributed by atoms with Gasteiger partial charge < -0.3 is 4.74 Å². The summed E-state index contributed by atoms with van der Waals surface area (Å²) in [6.45, 7) is 0. The zero-order valence-corrected chi connectivity index (χ0v) is 10.2. The van der Waals surface area contributed by atoms with Crippen molar-refractivity contribution >= 4 is 17.3 Å². The number of aromatic nitrogens is 1. The quantitative estimate of drug-likeness (QED) is 0.633. The smallest absolute Gasteiger partial charge is 0.331 e. The van der Waals surface area contributed by atoms with Gasteiger partial charge in [0.2, 0.25) is 0 Å². The lowest BCUT2D eigenvalue weighted by atomic mass is 10.2. The largest absolute Gasteiger partial charge is 0.432 e. The number of pyridine rings is 1. The van der Waals surface area contributed by atoms with Gasteiger partial charge in [-0.15, -0.1) is 0 Å². The van der Waals surface area contributed by atoms with Crippen LogP contribution in [0.1, 0.15) is 5.56 Å². The molecule has 0 saturated heterocycles. The zero-order chi connectivity index (χ0) is 13.8. The van der Waals surface area contributed by atoms with Gasteiger partial charge in [0.15, 0.2) is 0 Å². The first kappa shape index (κ1) is 12.8. The van der Waals surface area contributed by atoms with Gasteiger partial charge in [-0.2, -0.15) is 5.26 Å². The molecule has 0 atom stereocenters. The summed E-state index contributed by atoms with van der Waals surface area (Å²) in [5.74, 6) is -0.0139. The van der Waals surface area contributed by atoms with Crippen LogP contribution < -0.4 is 4.74 Å². The molecule has 0 saturated carbocycles. The second kappa shape index (κ2) is 5.33. The Morgan fingerprint density at radius 3 is 2.89 bits per heavy atom. The molecular formula is C12H6ClN3O3. The summed E-state index contributed by atoms with van der Waals surface area (Å²) in [5.41, 5.74) is -0.103. The van der Waals surface area contributed by atoms with E-state index in [1.165, 1.54) is 36.5 Å². The van der Waals surface area contributed by atoms with Gasteiger partial charge in [-0.05, 0) is 24.3 Å². The number of nitriles is 1. The fraction of sp³-hybridized carbons (Fsp3) is 0. The van der Waals surface area contributed by atoms with Crippen LogP contribution in [-0.2, 0) is 0 Å². The summed E-state index contributed by atoms with van der Waals surface area (Å²) in [6.07, 6.45) is 1.37. The third-order valence-corrected chi connectivity index (χ3v) is 2.45. The minimum absolute atomic E-state index is 0.161. The Bertz CT molecular complexity index is 682. The lowest BCUT2D eigenvalue weighted by Crippen LogP contribution is -1.96. The Balaban J connectivity index is 2.43. The molecule has 0 aliphatic carbocycles. The fourth-order valence-electron chi connectivity index (χ4n) is 1.38. The van der Waals surface area contributed by atoms with Crippen molar-refractivity contribution in [3.8, 4) is 17.7 Å². The van der Waals surface area contributed by atoms with Crippen LogP contribution in [-0.4, -0.2) is 9.91 Å². The monoisotopic (exact) mass is 275 g/mol. The number of hydrogen-bond donors (Lipinski definition) is 0. The van der Waals surface area contributed by atoms with Crippen LogP contribution in [0.3, 0.4) is 0 Å². The molecular weight excluding hydrogens is 270 g/mol. The molecule has 1 aromatic carbocycles. The molecule has 0 aliphatic rings. The fourth-order valence-corrected chi connectivity index (χ4v) is 1.55. The van der Waals surface area contributed by atoms with E-state index in [0.29, 0.717) is 5.02 Å². The van der Waals surface area contributed by atoms with Gasteiger partial charge in [-0.1, -0.05) is 11.6 Å². The summed E-state index contributed by atoms with van der Waals surface area (Å²) >= 11 is 5.75. The molecule has 0 bridgehead atoms. The molecule has 19 heavy (non-hydrogen) atoms. The van der Waals surface area contributed by atoms with Gasteiger partial charge >= 0.3 is 5.69 Å². The van der Waals surface area contributed by atoms with E-state index in [0.717, 1.165) is 0 Å². The first-order valence-electron chi connectivity index (χ1n) is 5.08. The Morgan fingerprint density at radius 2 is 2.21 bits per heavy atom. The van der Waals surface area contributed by atoms with Crippen LogP contribution >= 0.6 is 11.6 Å². The van der Waals surface area contributed by atoms with E-state index >= 15 is 0 Å². The maximum Gasteiger partial charge on any atom is 0.331 e. The van der Waals surface area contributed by atoms with E-state index in [2.05, 4.69) is 4.98 Å². The topological polar surface area (TPSA) is 89.0 Å². The van der Waals surface area contributed by atoms with Crippen molar-refractivity contribution in [2.75, 3.05) is 0 Å². The highest BCUT2D eigenvalue weighted by Gasteiger charge is 2.17. The maximum atomic E-state index is 10.8. The lowest BCUT2D eigenvalue weighted by Gasteiger charge is -2.06. The van der Waals surface area contributed by atoms with Crippen LogP contribution in [0.2, 0.25) is 5.02 Å². The standard InChI is InChI=1S/C12H6ClN3O3/c13-9-3-4-11(8(6-9)7-14)19-12-10(16(17)18)2-1-5-15-12/h1-6H. The van der Waals surface area contributed by atoms with Gasteiger partial charge in [0.1, 0.15) is 11.8 Å². The first-order valence-corrected chi connectivity index (χ1v) is 5.46. The molecule has 0 N–H and O–H groups in total. The summed E-state index contributed by atoms with van der Waals surface area (Å²) in [7, 11) is 0. The summed E-state index contributed by atoms with van der Waals surface area (Å²) in [6, 6.07) is 8.98. The number of benzene rings is 1. The molecule has 0 unspecified atom stereocenters. The molecule has 0 spiro atoms. The number of nitrogens with zero attached hydrogens (tertiary/aromatic N) is 3. The number of rotatable bonds is 3. The van der Waals surface area contributed by atoms with Crippen LogP contribution in [0, 0.1) is 21.4 Å². The van der Waals surface area contributed by atoms with Crippen molar-refractivity contribution in [1.82, 2.24) is 4.98 Å². The molecule has 0 amide bonds. The second-order valence-corrected chi connectivity index (χ2v) is 3.88. The van der Waals surface area contributed by atoms with Crippen molar-refractivity contribution in [1.29, 1.82) is 5.26 Å². The highest BCUT2D eigenvalue weighted by atomic mass is 35.5. The van der Waals surface area contributed by atoms with E-state index in [9.17, 15) is 10.1 Å². The van der Waals surface area contributed by atoms with Crippen molar-refractivity contribution in [3.05, 3.63) is 57.2 Å². The van der Waals surface area contributed by atoms with Gasteiger partial charge in [0, 0.05) is 17.3 Å². The summed E-state index contributed by atoms with van der Waals surface area (Å²) in [4.78, 5) is 14.0. The third kappa shape index (κ3) is 2.78. The molecule has 7 heteroatoms. The van der Waals surface area contributed by atoms with Gasteiger partial charge in [0.05, 0.1) is 10.5 Å². The molecule has 0 fully saturated rings. The number of nitro groups is 1. The second-order valence-electron chi connectivity index (χ2n) is 3.44. The van der Waals surface area contributed by atoms with E-state index in [1.54, 1.807) is 0 Å². The summed E-state index contributed by atoms with van der Waals surface area (Å²) < 4.78 is 5.31. The summed E-state index contributed by atoms with van der Waals surface area (Å²) in [5, 5.41) is 20.2. The lowest BCUT2D eigenvalue weighted by molar-refractivity contribution is -0.386. The third-order valence-electron chi connectivity index (χ3n) is 2.22. The van der Waals surface area contributed by atoms with Gasteiger partial charge in [-0.3, -0.25) is 10.1 Å². The predicted octanol–water partition coefficient (Wildman–Crippen LogP) is 3.31. The molecule has 94 valence electrons. The van der Waals surface area contributed by atoms with Crippen LogP contribution in [0.15, 0.2) is 36.5 Å².